The summed E-state index contributed by atoms with van der Waals surface area (Å²) in [5, 5.41) is 9.11. The first-order valence-corrected chi connectivity index (χ1v) is 23.5. The van der Waals surface area contributed by atoms with Crippen LogP contribution in [-0.4, -0.2) is 68.3 Å². The van der Waals surface area contributed by atoms with E-state index in [9.17, 15) is 9.59 Å². The number of ether oxygens (including phenoxy) is 2. The van der Waals surface area contributed by atoms with Crippen molar-refractivity contribution in [2.24, 2.45) is 0 Å². The minimum atomic E-state index is -0.0572. The number of esters is 1. The van der Waals surface area contributed by atoms with Gasteiger partial charge in [0.15, 0.2) is 0 Å². The van der Waals surface area contributed by atoms with Crippen LogP contribution in [0.4, 0.5) is 0 Å². The van der Waals surface area contributed by atoms with Crippen LogP contribution in [0.25, 0.3) is 0 Å². The summed E-state index contributed by atoms with van der Waals surface area (Å²) in [5.74, 6) is -0.0572. The van der Waals surface area contributed by atoms with Gasteiger partial charge in [-0.2, -0.15) is 0 Å². The summed E-state index contributed by atoms with van der Waals surface area (Å²) in [5.41, 5.74) is 0. The molecule has 1 N–H and O–H groups in total. The molecule has 0 aromatic rings. The average Bonchev–Trinajstić information content (AvgIpc) is 3.17. The van der Waals surface area contributed by atoms with Crippen LogP contribution in [0.5, 0.6) is 0 Å². The SMILES string of the molecule is CCCCCCCCCCC(CCCCCCCCCC)OC.CCCCCCCCCOC(=O)CCCCN(CCCO)CCCCCCCC=O. The lowest BCUT2D eigenvalue weighted by Gasteiger charge is -2.21. The first-order valence-electron chi connectivity index (χ1n) is 23.5. The molecule has 0 aliphatic carbocycles. The third-order valence-corrected chi connectivity index (χ3v) is 10.6. The predicted molar refractivity (Wildman–Crippen MR) is 230 cm³/mol. The lowest BCUT2D eigenvalue weighted by Crippen LogP contribution is -2.28. The van der Waals surface area contributed by atoms with E-state index in [1.54, 1.807) is 0 Å². The molecular weight excluding hydrogens is 659 g/mol. The molecule has 6 nitrogen and oxygen atoms in total. The van der Waals surface area contributed by atoms with Gasteiger partial charge < -0.3 is 24.3 Å². The molecule has 0 saturated heterocycles. The average molecular weight is 754 g/mol. The molecule has 0 aromatic carbocycles. The normalized spacial score (nSPS) is 11.3. The second kappa shape index (κ2) is 49.0. The smallest absolute Gasteiger partial charge is 0.305 e. The zero-order chi connectivity index (χ0) is 39.1. The Balaban J connectivity index is 0. The molecule has 0 aliphatic rings. The fourth-order valence-electron chi connectivity index (χ4n) is 7.04. The molecule has 0 saturated carbocycles. The fourth-order valence-corrected chi connectivity index (χ4v) is 7.04. The number of aliphatic hydroxyl groups excluding tert-OH is 1. The van der Waals surface area contributed by atoms with E-state index in [1.165, 1.54) is 161 Å². The second-order valence-electron chi connectivity index (χ2n) is 15.8. The van der Waals surface area contributed by atoms with Gasteiger partial charge in [-0.3, -0.25) is 4.79 Å². The van der Waals surface area contributed by atoms with Crippen molar-refractivity contribution >= 4 is 12.3 Å². The second-order valence-corrected chi connectivity index (χ2v) is 15.8. The first-order chi connectivity index (χ1) is 26.1. The highest BCUT2D eigenvalue weighted by Gasteiger charge is 2.08. The predicted octanol–water partition coefficient (Wildman–Crippen LogP) is 13.7. The van der Waals surface area contributed by atoms with Gasteiger partial charge in [-0.25, -0.2) is 0 Å². The van der Waals surface area contributed by atoms with Gasteiger partial charge in [0.1, 0.15) is 6.29 Å². The summed E-state index contributed by atoms with van der Waals surface area (Å²) >= 11 is 0. The Labute approximate surface area is 332 Å². The van der Waals surface area contributed by atoms with Crippen LogP contribution >= 0.6 is 0 Å². The Bertz CT molecular complexity index is 670. The van der Waals surface area contributed by atoms with E-state index in [4.69, 9.17) is 14.6 Å². The third-order valence-electron chi connectivity index (χ3n) is 10.6. The molecule has 53 heavy (non-hydrogen) atoms. The molecule has 0 heterocycles. The highest BCUT2D eigenvalue weighted by molar-refractivity contribution is 5.69. The number of carbonyl (C=O) groups is 2. The maximum absolute atomic E-state index is 11.9. The van der Waals surface area contributed by atoms with Gasteiger partial charge in [-0.1, -0.05) is 181 Å². The van der Waals surface area contributed by atoms with Gasteiger partial charge in [-0.15, -0.1) is 0 Å². The molecule has 0 rings (SSSR count). The molecule has 0 radical (unpaired) electrons. The van der Waals surface area contributed by atoms with Crippen LogP contribution in [0.2, 0.25) is 0 Å². The van der Waals surface area contributed by atoms with Crippen molar-refractivity contribution in [1.82, 2.24) is 4.90 Å². The third kappa shape index (κ3) is 47.1. The van der Waals surface area contributed by atoms with Gasteiger partial charge in [0.2, 0.25) is 0 Å². The molecule has 0 fully saturated rings. The van der Waals surface area contributed by atoms with Crippen LogP contribution < -0.4 is 0 Å². The number of aliphatic hydroxyl groups is 1. The summed E-state index contributed by atoms with van der Waals surface area (Å²) in [4.78, 5) is 24.6. The summed E-state index contributed by atoms with van der Waals surface area (Å²) in [6, 6.07) is 0. The van der Waals surface area contributed by atoms with E-state index in [2.05, 4.69) is 25.7 Å². The fraction of sp³-hybridized carbons (Fsp3) is 0.957. The lowest BCUT2D eigenvalue weighted by atomic mass is 10.0. The molecule has 6 heteroatoms. The number of nitrogens with zero attached hydrogens (tertiary/aromatic N) is 1. The van der Waals surface area contributed by atoms with Crippen LogP contribution in [0.15, 0.2) is 0 Å². The molecule has 0 spiro atoms. The van der Waals surface area contributed by atoms with E-state index in [0.29, 0.717) is 25.6 Å². The van der Waals surface area contributed by atoms with Crippen molar-refractivity contribution < 1.29 is 24.2 Å². The summed E-state index contributed by atoms with van der Waals surface area (Å²) < 4.78 is 11.0. The molecule has 0 aromatic heterocycles. The van der Waals surface area contributed by atoms with E-state index in [-0.39, 0.29) is 12.6 Å². The highest BCUT2D eigenvalue weighted by atomic mass is 16.5. The summed E-state index contributed by atoms with van der Waals surface area (Å²) in [7, 11) is 1.90. The number of hydrogen-bond donors (Lipinski definition) is 1. The summed E-state index contributed by atoms with van der Waals surface area (Å²) in [6.45, 7) is 10.6. The first kappa shape index (κ1) is 54.1. The standard InChI is InChI=1S/C25H49NO4.C22H46O/c1-2-3-4-5-8-11-16-24-30-25(29)18-12-14-20-26(21-17-23-28)19-13-9-6-7-10-15-22-27;1-4-6-8-10-12-14-16-18-20-22(23-3)21-19-17-15-13-11-9-7-5-2/h22,28H,2-21,23-24H2,1H3;22H,4-21H2,1-3H3. The maximum Gasteiger partial charge on any atom is 0.305 e. The molecule has 0 aliphatic heterocycles. The molecule has 0 bridgehead atoms. The number of methoxy groups -OCH3 is 1. The Kier molecular flexibility index (Phi) is 50.1. The van der Waals surface area contributed by atoms with Crippen molar-refractivity contribution in [3.63, 3.8) is 0 Å². The number of aldehydes is 1. The molecule has 318 valence electrons. The molecule has 0 amide bonds. The molecule has 0 unspecified atom stereocenters. The Morgan fingerprint density at radius 1 is 0.528 bits per heavy atom. The van der Waals surface area contributed by atoms with E-state index in [1.807, 2.05) is 7.11 Å². The zero-order valence-corrected chi connectivity index (χ0v) is 36.5. The Hall–Kier alpha value is -0.980. The number of hydrogen-bond acceptors (Lipinski definition) is 6. The van der Waals surface area contributed by atoms with Gasteiger partial charge in [-0.05, 0) is 64.5 Å². The van der Waals surface area contributed by atoms with E-state index >= 15 is 0 Å². The quantitative estimate of drug-likeness (QED) is 0.0380. The van der Waals surface area contributed by atoms with Crippen molar-refractivity contribution in [3.8, 4) is 0 Å². The van der Waals surface area contributed by atoms with Crippen molar-refractivity contribution in [1.29, 1.82) is 0 Å². The van der Waals surface area contributed by atoms with E-state index in [0.717, 1.165) is 77.3 Å². The number of carbonyl (C=O) groups excluding carboxylic acids is 2. The van der Waals surface area contributed by atoms with Crippen molar-refractivity contribution in [3.05, 3.63) is 0 Å². The summed E-state index contributed by atoms with van der Waals surface area (Å²) in [6.07, 6.45) is 44.9. The van der Waals surface area contributed by atoms with Gasteiger partial charge in [0.25, 0.3) is 0 Å². The minimum Gasteiger partial charge on any atom is -0.466 e. The van der Waals surface area contributed by atoms with Crippen LogP contribution in [0.3, 0.4) is 0 Å². The van der Waals surface area contributed by atoms with Crippen molar-refractivity contribution in [2.75, 3.05) is 40.0 Å². The Morgan fingerprint density at radius 3 is 1.38 bits per heavy atom. The van der Waals surface area contributed by atoms with Crippen LogP contribution in [0, 0.1) is 0 Å². The molecule has 0 atom stereocenters. The van der Waals surface area contributed by atoms with Crippen molar-refractivity contribution in [2.45, 2.75) is 252 Å². The Morgan fingerprint density at radius 2 is 0.925 bits per heavy atom. The molecular formula is C47H95NO5. The lowest BCUT2D eigenvalue weighted by molar-refractivity contribution is -0.143. The number of rotatable bonds is 43. The highest BCUT2D eigenvalue weighted by Crippen LogP contribution is 2.17. The van der Waals surface area contributed by atoms with Gasteiger partial charge >= 0.3 is 5.97 Å². The van der Waals surface area contributed by atoms with Crippen LogP contribution in [0.1, 0.15) is 245 Å². The zero-order valence-electron chi connectivity index (χ0n) is 36.5. The maximum atomic E-state index is 11.9. The van der Waals surface area contributed by atoms with E-state index < -0.39 is 0 Å². The number of unbranched alkanes of at least 4 members (excludes halogenated alkanes) is 26. The minimum absolute atomic E-state index is 0.0572. The van der Waals surface area contributed by atoms with Gasteiger partial charge in [0.05, 0.1) is 12.7 Å². The monoisotopic (exact) mass is 754 g/mol. The topological polar surface area (TPSA) is 76.1 Å². The van der Waals surface area contributed by atoms with Gasteiger partial charge in [0, 0.05) is 33.1 Å². The largest absolute Gasteiger partial charge is 0.466 e. The van der Waals surface area contributed by atoms with Crippen LogP contribution in [-0.2, 0) is 19.1 Å².